The quantitative estimate of drug-likeness (QED) is 0.0238. The molecular formula is C83H116N6O20. The number of Topliss-reactive ketones (excluding diaryl/α,β-unsaturated/α-hetero) is 2. The molecule has 15 atom stereocenters. The molecule has 0 bridgehead atoms. The fraction of sp³-hybridized carbons (Fsp3) is 0.590. The van der Waals surface area contributed by atoms with Gasteiger partial charge in [0.25, 0.3) is 0 Å². The van der Waals surface area contributed by atoms with Crippen molar-refractivity contribution >= 4 is 65.1 Å². The van der Waals surface area contributed by atoms with E-state index in [1.165, 1.54) is 17.0 Å². The molecule has 7 rings (SSSR count). The van der Waals surface area contributed by atoms with Crippen molar-refractivity contribution in [2.75, 3.05) is 80.8 Å². The van der Waals surface area contributed by atoms with Crippen LogP contribution >= 0.6 is 0 Å². The number of hydrogen-bond acceptors (Lipinski definition) is 21. The average molecular weight is 1520 g/mol. The van der Waals surface area contributed by atoms with E-state index in [0.717, 1.165) is 48.8 Å². The highest BCUT2D eigenvalue weighted by atomic mass is 16.7. The summed E-state index contributed by atoms with van der Waals surface area (Å²) in [7, 11) is 9.72. The Bertz CT molecular complexity index is 3690. The number of alkyl carbamates (subject to hydrolysis) is 1. The minimum atomic E-state index is -1.63. The maximum absolute atomic E-state index is 14.8. The van der Waals surface area contributed by atoms with E-state index < -0.39 is 115 Å². The lowest BCUT2D eigenvalue weighted by molar-refractivity contribution is -0.261. The first-order valence-electron chi connectivity index (χ1n) is 38.1. The summed E-state index contributed by atoms with van der Waals surface area (Å²) < 4.78 is 59.2. The first-order valence-corrected chi connectivity index (χ1v) is 38.1. The lowest BCUT2D eigenvalue weighted by Gasteiger charge is -2.42. The Balaban J connectivity index is 1.02. The molecule has 1 aliphatic carbocycles. The van der Waals surface area contributed by atoms with Crippen LogP contribution in [-0.2, 0) is 87.6 Å². The van der Waals surface area contributed by atoms with Crippen molar-refractivity contribution in [1.29, 1.82) is 0 Å². The molecule has 2 N–H and O–H groups in total. The number of fused-ring (bicyclic) bond motifs is 3. The van der Waals surface area contributed by atoms with Crippen LogP contribution in [0.3, 0.4) is 0 Å². The van der Waals surface area contributed by atoms with E-state index in [2.05, 4.69) is 10.6 Å². The highest BCUT2D eigenvalue weighted by molar-refractivity contribution is 5.93. The number of rotatable bonds is 39. The second-order valence-corrected chi connectivity index (χ2v) is 29.9. The Morgan fingerprint density at radius 2 is 1.34 bits per heavy atom. The van der Waals surface area contributed by atoms with Gasteiger partial charge in [-0.25, -0.2) is 14.4 Å². The van der Waals surface area contributed by atoms with Gasteiger partial charge in [0.15, 0.2) is 24.1 Å². The molecule has 0 radical (unpaired) electrons. The molecule has 598 valence electrons. The van der Waals surface area contributed by atoms with Gasteiger partial charge in [-0.3, -0.25) is 43.4 Å². The molecule has 0 aromatic heterocycles. The maximum atomic E-state index is 14.8. The summed E-state index contributed by atoms with van der Waals surface area (Å²) in [4.78, 5) is 144. The largest absolute Gasteiger partial charge is 0.467 e. The summed E-state index contributed by atoms with van der Waals surface area (Å²) >= 11 is 0. The van der Waals surface area contributed by atoms with Crippen LogP contribution in [0.4, 0.5) is 15.3 Å². The normalized spacial score (nSPS) is 20.0. The van der Waals surface area contributed by atoms with E-state index in [1.807, 2.05) is 153 Å². The Hall–Kier alpha value is -8.82. The molecule has 109 heavy (non-hydrogen) atoms. The molecule has 2 aliphatic heterocycles. The van der Waals surface area contributed by atoms with Gasteiger partial charge >= 0.3 is 30.1 Å². The van der Waals surface area contributed by atoms with E-state index in [1.54, 1.807) is 51.0 Å². The molecule has 4 aromatic rings. The van der Waals surface area contributed by atoms with Crippen molar-refractivity contribution in [3.05, 3.63) is 119 Å². The number of methoxy groups -OCH3 is 3. The third-order valence-corrected chi connectivity index (χ3v) is 21.4. The van der Waals surface area contributed by atoms with Crippen molar-refractivity contribution in [2.24, 2.45) is 41.4 Å². The van der Waals surface area contributed by atoms with E-state index >= 15 is 0 Å². The first-order chi connectivity index (χ1) is 51.9. The number of hydrogen-bond donors (Lipinski definition) is 2. The number of nitrogens with zero attached hydrogens (tertiary/aromatic N) is 4. The maximum Gasteiger partial charge on any atom is 0.411 e. The number of likely N-dealkylation sites (N-methyl/N-ethyl adjacent to an activating group) is 2. The monoisotopic (exact) mass is 1520 g/mol. The van der Waals surface area contributed by atoms with Crippen molar-refractivity contribution in [1.82, 2.24) is 24.9 Å². The Kier molecular flexibility index (Phi) is 33.1. The van der Waals surface area contributed by atoms with Crippen LogP contribution in [0.1, 0.15) is 162 Å². The summed E-state index contributed by atoms with van der Waals surface area (Å²) in [6.45, 7) is 21.2. The van der Waals surface area contributed by atoms with E-state index in [0.29, 0.717) is 31.4 Å². The topological polar surface area (TPSA) is 300 Å². The van der Waals surface area contributed by atoms with E-state index in [9.17, 15) is 47.9 Å². The Labute approximate surface area is 642 Å². The number of amides is 5. The zero-order valence-electron chi connectivity index (χ0n) is 66.8. The number of nitrogens with one attached hydrogen (secondary N) is 2. The zero-order chi connectivity index (χ0) is 80.1. The molecule has 4 aromatic carbocycles. The van der Waals surface area contributed by atoms with Gasteiger partial charge in [-0.05, 0) is 103 Å². The summed E-state index contributed by atoms with van der Waals surface area (Å²) in [5.74, 6) is -6.51. The average Bonchev–Trinajstić information content (AvgIpc) is 1.75. The standard InChI is InChI=1S/C83H116N6O20/c1-19-50(7)73(87(15)79(96)62(48(3)4)43-67(93)72(49(5)6)86(13)14)69(100-16)44-71(95)89-40-28-35-65(89)75(101-17)52(9)66(92)41-51(8)74(57-29-22-21-23-30-57)105-47-88(20-2)83(99)104-45-56-36-37-68(108-81-53(10)76(106-54(11)90)77(107-55(12)91)78(109-81)80(97)102-18)64(42-56)85-70(94)38-39-84-82(98)103-46-63-60-33-26-24-31-58(60)59-32-25-27-34-61(59)63/h21-27,29-34,36-37,42,48-53,62-63,65,69,72-78,81H,19-20,28,35,38-41,43-47H2,1-18H3,(H,84,98)(H,85,94)/t50-,51-,52-,53+,62-,65-,69+,72-,73-,74+,75+,76+,77-,78-,81+/m0/s1. The molecule has 2 fully saturated rings. The molecule has 3 aliphatic rings. The van der Waals surface area contributed by atoms with Crippen molar-refractivity contribution in [3.63, 3.8) is 0 Å². The third-order valence-electron chi connectivity index (χ3n) is 21.4. The van der Waals surface area contributed by atoms with Crippen LogP contribution in [0.15, 0.2) is 97.1 Å². The molecule has 2 saturated heterocycles. The number of carbonyl (C=O) groups is 10. The van der Waals surface area contributed by atoms with Gasteiger partial charge in [-0.2, -0.15) is 0 Å². The molecule has 0 unspecified atom stereocenters. The van der Waals surface area contributed by atoms with Gasteiger partial charge in [-0.1, -0.05) is 154 Å². The van der Waals surface area contributed by atoms with E-state index in [-0.39, 0.29) is 123 Å². The molecule has 26 heteroatoms. The highest BCUT2D eigenvalue weighted by Gasteiger charge is 2.53. The second-order valence-electron chi connectivity index (χ2n) is 29.9. The van der Waals surface area contributed by atoms with Crippen molar-refractivity contribution in [2.45, 2.75) is 202 Å². The van der Waals surface area contributed by atoms with Gasteiger partial charge < -0.3 is 67.8 Å². The van der Waals surface area contributed by atoms with Gasteiger partial charge in [0, 0.05) is 91.8 Å². The molecule has 0 spiro atoms. The molecular weight excluding hydrogens is 1400 g/mol. The number of carbonyl (C=O) groups excluding carboxylic acids is 10. The lowest BCUT2D eigenvalue weighted by Crippen LogP contribution is -2.60. The minimum absolute atomic E-state index is 0.00736. The van der Waals surface area contributed by atoms with Crippen LogP contribution in [0.2, 0.25) is 0 Å². The molecule has 5 amide bonds. The van der Waals surface area contributed by atoms with Gasteiger partial charge in [0.05, 0.1) is 61.6 Å². The van der Waals surface area contributed by atoms with Gasteiger partial charge in [-0.15, -0.1) is 0 Å². The smallest absolute Gasteiger partial charge is 0.411 e. The molecule has 2 heterocycles. The van der Waals surface area contributed by atoms with Crippen molar-refractivity contribution < 1.29 is 95.3 Å². The predicted octanol–water partition coefficient (Wildman–Crippen LogP) is 11.3. The summed E-state index contributed by atoms with van der Waals surface area (Å²) in [6.07, 6.45) is -7.45. The SMILES string of the molecule is CC[C@H](C)[C@@H]([C@@H](CC(=O)N1CCC[C@H]1[C@H](OC)[C@@H](C)C(=O)C[C@H](C)[C@@H](OCN(CC)C(=O)OCc1ccc(O[C@@H]2O[C@H](C(=O)OC)[C@@H](OC(C)=O)[C@H](OC(C)=O)[C@H]2C)c(NC(=O)CCNC(=O)OCC2c3ccccc3-c3ccccc32)c1)c1ccccc1)OC)N(C)C(=O)[C@@H](CC(=O)[C@H](C(C)C)N(C)C)C(C)C. The van der Waals surface area contributed by atoms with Crippen LogP contribution in [0, 0.1) is 41.4 Å². The second kappa shape index (κ2) is 41.3. The van der Waals surface area contributed by atoms with Crippen LogP contribution in [0.5, 0.6) is 5.75 Å². The summed E-state index contributed by atoms with van der Waals surface area (Å²) in [5.41, 5.74) is 5.38. The molecule has 26 nitrogen and oxygen atoms in total. The fourth-order valence-corrected chi connectivity index (χ4v) is 15.6. The predicted molar refractivity (Wildman–Crippen MR) is 407 cm³/mol. The first kappa shape index (κ1) is 87.4. The van der Waals surface area contributed by atoms with Crippen LogP contribution < -0.4 is 15.4 Å². The number of ether oxygens (including phenoxy) is 10. The fourth-order valence-electron chi connectivity index (χ4n) is 15.6. The Morgan fingerprint density at radius 1 is 0.706 bits per heavy atom. The Morgan fingerprint density at radius 3 is 1.92 bits per heavy atom. The van der Waals surface area contributed by atoms with Crippen molar-refractivity contribution in [3.8, 4) is 16.9 Å². The third kappa shape index (κ3) is 22.7. The number of esters is 3. The number of likely N-dealkylation sites (tertiary alicyclic amines) is 1. The molecule has 0 saturated carbocycles. The van der Waals surface area contributed by atoms with Crippen LogP contribution in [-0.4, -0.2) is 209 Å². The minimum Gasteiger partial charge on any atom is -0.467 e. The summed E-state index contributed by atoms with van der Waals surface area (Å²) in [6, 6.07) is 28.5. The van der Waals surface area contributed by atoms with Gasteiger partial charge in [0.2, 0.25) is 24.0 Å². The highest BCUT2D eigenvalue weighted by Crippen LogP contribution is 2.45. The van der Waals surface area contributed by atoms with Gasteiger partial charge in [0.1, 0.15) is 31.5 Å². The number of benzene rings is 4. The lowest BCUT2D eigenvalue weighted by atomic mass is 9.83. The number of ketones is 2. The summed E-state index contributed by atoms with van der Waals surface area (Å²) in [5, 5.41) is 5.48. The zero-order valence-corrected chi connectivity index (χ0v) is 66.8. The van der Waals surface area contributed by atoms with E-state index in [4.69, 9.17) is 47.4 Å². The van der Waals surface area contributed by atoms with Crippen LogP contribution in [0.25, 0.3) is 11.1 Å². The number of anilines is 1.